The Kier molecular flexibility index (Phi) is 7.96. The number of sulfonamides is 1. The van der Waals surface area contributed by atoms with E-state index in [-0.39, 0.29) is 17.5 Å². The maximum atomic E-state index is 12.8. The fraction of sp³-hybridized carbons (Fsp3) is 0.381. The molecule has 0 spiro atoms. The average Bonchev–Trinajstić information content (AvgIpc) is 2.79. The van der Waals surface area contributed by atoms with E-state index in [1.54, 1.807) is 49.6 Å². The number of amides is 1. The number of alkyl carbamates (subject to hydrolysis) is 1. The summed E-state index contributed by atoms with van der Waals surface area (Å²) in [7, 11) is -3.50. The molecule has 1 aromatic carbocycles. The third kappa shape index (κ3) is 6.50. The molecule has 0 saturated carbocycles. The molecule has 2 N–H and O–H groups in total. The van der Waals surface area contributed by atoms with Gasteiger partial charge in [0.25, 0.3) is 0 Å². The van der Waals surface area contributed by atoms with Gasteiger partial charge in [-0.15, -0.1) is 0 Å². The Balaban J connectivity index is 1.73. The highest BCUT2D eigenvalue weighted by molar-refractivity contribution is 7.89. The Morgan fingerprint density at radius 1 is 1.16 bits per heavy atom. The highest BCUT2D eigenvalue weighted by Gasteiger charge is 2.25. The molecule has 1 aliphatic rings. The molecule has 2 heterocycles. The van der Waals surface area contributed by atoms with Crippen molar-refractivity contribution >= 4 is 27.8 Å². The van der Waals surface area contributed by atoms with Gasteiger partial charge in [-0.1, -0.05) is 12.5 Å². The number of nitrogens with one attached hydrogen (secondary N) is 2. The number of guanidine groups is 1. The van der Waals surface area contributed by atoms with Gasteiger partial charge in [0.1, 0.15) is 0 Å². The van der Waals surface area contributed by atoms with Gasteiger partial charge in [-0.25, -0.2) is 18.2 Å². The fourth-order valence-corrected chi connectivity index (χ4v) is 4.65. The van der Waals surface area contributed by atoms with E-state index in [9.17, 15) is 13.2 Å². The minimum absolute atomic E-state index is 0.189. The van der Waals surface area contributed by atoms with E-state index < -0.39 is 16.1 Å². The van der Waals surface area contributed by atoms with Crippen molar-refractivity contribution in [2.45, 2.75) is 37.6 Å². The van der Waals surface area contributed by atoms with Crippen LogP contribution in [0.3, 0.4) is 0 Å². The summed E-state index contributed by atoms with van der Waals surface area (Å²) in [6.07, 6.45) is 5.55. The van der Waals surface area contributed by atoms with Crippen molar-refractivity contribution in [1.82, 2.24) is 14.6 Å². The Bertz CT molecular complexity index is 988. The fourth-order valence-electron chi connectivity index (χ4n) is 3.14. The molecule has 0 radical (unpaired) electrons. The number of ether oxygens (including phenoxy) is 1. The van der Waals surface area contributed by atoms with Crippen LogP contribution in [0.25, 0.3) is 0 Å². The number of aliphatic imine (C=N–C) groups is 1. The zero-order valence-electron chi connectivity index (χ0n) is 17.5. The number of piperidine rings is 1. The number of pyridine rings is 1. The average molecular weight is 446 g/mol. The van der Waals surface area contributed by atoms with Crippen LogP contribution in [0.15, 0.2) is 58.7 Å². The van der Waals surface area contributed by atoms with Crippen molar-refractivity contribution in [3.8, 4) is 0 Å². The molecule has 1 saturated heterocycles. The van der Waals surface area contributed by atoms with Crippen molar-refractivity contribution in [3.63, 3.8) is 0 Å². The first-order valence-electron chi connectivity index (χ1n) is 10.2. The van der Waals surface area contributed by atoms with Crippen molar-refractivity contribution in [2.75, 3.05) is 25.0 Å². The van der Waals surface area contributed by atoms with E-state index in [0.717, 1.165) is 24.8 Å². The SMILES string of the molecule is CCOC(=O)NC(=NCc1cccnc1)Nc1ccc(S(=O)(=O)N2CCCCC2)cc1. The van der Waals surface area contributed by atoms with Crippen molar-refractivity contribution in [3.05, 3.63) is 54.4 Å². The van der Waals surface area contributed by atoms with Crippen LogP contribution in [0, 0.1) is 0 Å². The van der Waals surface area contributed by atoms with Gasteiger partial charge in [-0.05, 0) is 55.7 Å². The van der Waals surface area contributed by atoms with Gasteiger partial charge in [-0.2, -0.15) is 4.31 Å². The summed E-state index contributed by atoms with van der Waals surface area (Å²) < 4.78 is 32.1. The monoisotopic (exact) mass is 445 g/mol. The summed E-state index contributed by atoms with van der Waals surface area (Å²) in [6, 6.07) is 10.1. The number of carbonyl (C=O) groups excluding carboxylic acids is 1. The summed E-state index contributed by atoms with van der Waals surface area (Å²) in [5, 5.41) is 5.57. The molecule has 1 fully saturated rings. The molecule has 0 atom stereocenters. The van der Waals surface area contributed by atoms with Gasteiger partial charge in [0, 0.05) is 31.2 Å². The molecular weight excluding hydrogens is 418 g/mol. The number of anilines is 1. The normalized spacial score (nSPS) is 15.3. The Morgan fingerprint density at radius 2 is 1.90 bits per heavy atom. The summed E-state index contributed by atoms with van der Waals surface area (Å²) in [4.78, 5) is 20.5. The van der Waals surface area contributed by atoms with Gasteiger partial charge < -0.3 is 10.1 Å². The Labute approximate surface area is 182 Å². The van der Waals surface area contributed by atoms with E-state index in [1.807, 2.05) is 6.07 Å². The number of carbonyl (C=O) groups is 1. The molecule has 166 valence electrons. The van der Waals surface area contributed by atoms with Gasteiger partial charge in [0.05, 0.1) is 18.0 Å². The first kappa shape index (κ1) is 22.7. The lowest BCUT2D eigenvalue weighted by atomic mass is 10.2. The molecule has 0 bridgehead atoms. The topological polar surface area (TPSA) is 113 Å². The Morgan fingerprint density at radius 3 is 2.55 bits per heavy atom. The standard InChI is InChI=1S/C21H27N5O4S/c1-2-30-21(27)25-20(23-16-17-7-6-12-22-15-17)24-18-8-10-19(11-9-18)31(28,29)26-13-4-3-5-14-26/h6-12,15H,2-5,13-14,16H2,1H3,(H2,23,24,25,27). The molecule has 31 heavy (non-hydrogen) atoms. The minimum atomic E-state index is -3.50. The highest BCUT2D eigenvalue weighted by atomic mass is 32.2. The van der Waals surface area contributed by atoms with E-state index >= 15 is 0 Å². The predicted molar refractivity (Wildman–Crippen MR) is 118 cm³/mol. The highest BCUT2D eigenvalue weighted by Crippen LogP contribution is 2.22. The number of hydrogen-bond donors (Lipinski definition) is 2. The maximum Gasteiger partial charge on any atom is 0.413 e. The number of benzene rings is 1. The lowest BCUT2D eigenvalue weighted by molar-refractivity contribution is 0.158. The summed E-state index contributed by atoms with van der Waals surface area (Å²) >= 11 is 0. The van der Waals surface area contributed by atoms with Gasteiger partial charge in [0.15, 0.2) is 0 Å². The molecule has 1 amide bonds. The van der Waals surface area contributed by atoms with Gasteiger partial charge >= 0.3 is 6.09 Å². The second-order valence-electron chi connectivity index (χ2n) is 6.99. The van der Waals surface area contributed by atoms with Crippen molar-refractivity contribution in [1.29, 1.82) is 0 Å². The van der Waals surface area contributed by atoms with Crippen LogP contribution in [0.1, 0.15) is 31.7 Å². The van der Waals surface area contributed by atoms with Crippen LogP contribution in [0.4, 0.5) is 10.5 Å². The van der Waals surface area contributed by atoms with Crippen LogP contribution < -0.4 is 10.6 Å². The van der Waals surface area contributed by atoms with E-state index in [0.29, 0.717) is 25.3 Å². The molecule has 2 aromatic rings. The summed E-state index contributed by atoms with van der Waals surface area (Å²) in [5.41, 5.74) is 1.45. The number of rotatable bonds is 6. The van der Waals surface area contributed by atoms with Crippen molar-refractivity contribution < 1.29 is 17.9 Å². The number of nitrogens with zero attached hydrogens (tertiary/aromatic N) is 3. The molecule has 0 aliphatic carbocycles. The van der Waals surface area contributed by atoms with E-state index in [2.05, 4.69) is 20.6 Å². The second kappa shape index (κ2) is 10.9. The van der Waals surface area contributed by atoms with Gasteiger partial charge in [0.2, 0.25) is 16.0 Å². The summed E-state index contributed by atoms with van der Waals surface area (Å²) in [6.45, 7) is 3.34. The van der Waals surface area contributed by atoms with E-state index in [1.165, 1.54) is 4.31 Å². The molecule has 10 heteroatoms. The zero-order chi connectivity index (χ0) is 22.1. The quantitative estimate of drug-likeness (QED) is 0.522. The molecule has 9 nitrogen and oxygen atoms in total. The van der Waals surface area contributed by atoms with Crippen LogP contribution >= 0.6 is 0 Å². The van der Waals surface area contributed by atoms with Crippen LogP contribution in [-0.4, -0.2) is 49.5 Å². The zero-order valence-corrected chi connectivity index (χ0v) is 18.3. The number of aromatic nitrogens is 1. The largest absolute Gasteiger partial charge is 0.450 e. The predicted octanol–water partition coefficient (Wildman–Crippen LogP) is 2.97. The van der Waals surface area contributed by atoms with Crippen LogP contribution in [0.5, 0.6) is 0 Å². The van der Waals surface area contributed by atoms with Gasteiger partial charge in [-0.3, -0.25) is 10.3 Å². The Hall–Kier alpha value is -2.98. The second-order valence-corrected chi connectivity index (χ2v) is 8.92. The van der Waals surface area contributed by atoms with Crippen LogP contribution in [-0.2, 0) is 21.3 Å². The summed E-state index contributed by atoms with van der Waals surface area (Å²) in [5.74, 6) is 0.189. The first-order chi connectivity index (χ1) is 15.0. The molecule has 0 unspecified atom stereocenters. The molecule has 3 rings (SSSR count). The smallest absolute Gasteiger partial charge is 0.413 e. The maximum absolute atomic E-state index is 12.8. The molecule has 1 aromatic heterocycles. The van der Waals surface area contributed by atoms with E-state index in [4.69, 9.17) is 4.74 Å². The van der Waals surface area contributed by atoms with Crippen LogP contribution in [0.2, 0.25) is 0 Å². The van der Waals surface area contributed by atoms with Crippen molar-refractivity contribution in [2.24, 2.45) is 4.99 Å². The lowest BCUT2D eigenvalue weighted by Crippen LogP contribution is -2.36. The minimum Gasteiger partial charge on any atom is -0.450 e. The third-order valence-electron chi connectivity index (χ3n) is 4.71. The lowest BCUT2D eigenvalue weighted by Gasteiger charge is -2.25. The number of hydrogen-bond acceptors (Lipinski definition) is 6. The third-order valence-corrected chi connectivity index (χ3v) is 6.62. The molecule has 1 aliphatic heterocycles. The first-order valence-corrected chi connectivity index (χ1v) is 11.7. The molecular formula is C21H27N5O4S.